The number of ether oxygens (including phenoxy) is 1. The Morgan fingerprint density at radius 2 is 1.84 bits per heavy atom. The average Bonchev–Trinajstić information content (AvgIpc) is 2.94. The summed E-state index contributed by atoms with van der Waals surface area (Å²) in [6.07, 6.45) is 6.46. The molecule has 1 amide bonds. The predicted molar refractivity (Wildman–Crippen MR) is 171 cm³/mol. The van der Waals surface area contributed by atoms with Gasteiger partial charge in [-0.1, -0.05) is 52.3 Å². The van der Waals surface area contributed by atoms with Crippen molar-refractivity contribution in [2.24, 2.45) is 5.41 Å². The highest BCUT2D eigenvalue weighted by atomic mass is 31.1. The molecule has 43 heavy (non-hydrogen) atoms. The molecular weight excluding hydrogens is 565 g/mol. The highest BCUT2D eigenvalue weighted by Crippen LogP contribution is 2.43. The summed E-state index contributed by atoms with van der Waals surface area (Å²) < 4.78 is 33.8. The molecule has 2 aromatic rings. The Balaban J connectivity index is 1.53. The summed E-state index contributed by atoms with van der Waals surface area (Å²) in [7, 11) is 1.93. The first-order chi connectivity index (χ1) is 20.4. The molecule has 0 bridgehead atoms. The van der Waals surface area contributed by atoms with Gasteiger partial charge in [0, 0.05) is 61.7 Å². The van der Waals surface area contributed by atoms with Gasteiger partial charge >= 0.3 is 0 Å². The molecular formula is C35H45F2N2O3P. The third-order valence-corrected chi connectivity index (χ3v) is 9.98. The van der Waals surface area contributed by atoms with Crippen LogP contribution in [0.5, 0.6) is 0 Å². The fraction of sp³-hybridized carbons (Fsp3) is 0.486. The van der Waals surface area contributed by atoms with E-state index in [1.54, 1.807) is 13.2 Å². The lowest BCUT2D eigenvalue weighted by molar-refractivity contribution is -0.139. The van der Waals surface area contributed by atoms with Gasteiger partial charge in [0.1, 0.15) is 11.6 Å². The standard InChI is InChI=1S/C35H45F2N2O3P/c1-23-11-7-8-12-27(23)34(3,4)38-33(41)20-35(21-39(22-35)29-13-9-10-14-31(29)42-5)19-30(40)24(2)17-32(43-6)26-16-15-25(36)18-28(26)37/h7-8,11-12,15-18,29,31,43H,2,9-10,13-14,19-22H2,1,3-6H3,(H,38,41)/b32-17-. The Kier molecular flexibility index (Phi) is 10.7. The van der Waals surface area contributed by atoms with Crippen molar-refractivity contribution in [2.75, 3.05) is 26.9 Å². The molecule has 2 aliphatic rings. The van der Waals surface area contributed by atoms with E-state index >= 15 is 0 Å². The summed E-state index contributed by atoms with van der Waals surface area (Å²) in [5.74, 6) is -1.59. The number of Topliss-reactive ketones (excluding diaryl/α,β-unsaturated/α-hetero) is 1. The summed E-state index contributed by atoms with van der Waals surface area (Å²) in [6, 6.07) is 11.7. The van der Waals surface area contributed by atoms with Crippen molar-refractivity contribution >= 4 is 25.6 Å². The molecule has 2 aromatic carbocycles. The normalized spacial score (nSPS) is 21.0. The Bertz CT molecular complexity index is 1380. The van der Waals surface area contributed by atoms with E-state index in [2.05, 4.69) is 16.8 Å². The van der Waals surface area contributed by atoms with Crippen LogP contribution in [0.4, 0.5) is 8.78 Å². The maximum Gasteiger partial charge on any atom is 0.221 e. The monoisotopic (exact) mass is 610 g/mol. The predicted octanol–water partition coefficient (Wildman–Crippen LogP) is 7.14. The smallest absolute Gasteiger partial charge is 0.221 e. The van der Waals surface area contributed by atoms with E-state index in [4.69, 9.17) is 4.74 Å². The Morgan fingerprint density at radius 3 is 2.49 bits per heavy atom. The Morgan fingerprint density at radius 1 is 1.14 bits per heavy atom. The van der Waals surface area contributed by atoms with E-state index in [9.17, 15) is 18.4 Å². The van der Waals surface area contributed by atoms with Crippen LogP contribution in [-0.2, 0) is 19.9 Å². The molecule has 1 aliphatic carbocycles. The second-order valence-corrected chi connectivity index (χ2v) is 13.8. The molecule has 0 spiro atoms. The number of aryl methyl sites for hydroxylation is 1. The Hall–Kier alpha value is -2.73. The van der Waals surface area contributed by atoms with Crippen molar-refractivity contribution in [2.45, 2.75) is 77.0 Å². The number of halogens is 2. The van der Waals surface area contributed by atoms with E-state index in [0.29, 0.717) is 18.4 Å². The number of hydrogen-bond donors (Lipinski definition) is 1. The van der Waals surface area contributed by atoms with Crippen LogP contribution in [0.2, 0.25) is 0 Å². The molecule has 4 rings (SSSR count). The van der Waals surface area contributed by atoms with Gasteiger partial charge in [0.2, 0.25) is 5.91 Å². The van der Waals surface area contributed by atoms with Gasteiger partial charge in [-0.2, -0.15) is 0 Å². The van der Waals surface area contributed by atoms with Crippen LogP contribution in [0.3, 0.4) is 0 Å². The van der Waals surface area contributed by atoms with E-state index in [-0.39, 0.29) is 56.4 Å². The summed E-state index contributed by atoms with van der Waals surface area (Å²) in [4.78, 5) is 29.6. The fourth-order valence-electron chi connectivity index (χ4n) is 6.88. The summed E-state index contributed by atoms with van der Waals surface area (Å²) in [6.45, 7) is 13.2. The van der Waals surface area contributed by atoms with Gasteiger partial charge in [0.15, 0.2) is 5.78 Å². The molecule has 1 N–H and O–H groups in total. The number of rotatable bonds is 12. The fourth-order valence-corrected chi connectivity index (χ4v) is 7.67. The number of allylic oxidation sites excluding steroid dienone is 2. The van der Waals surface area contributed by atoms with Crippen LogP contribution in [0.15, 0.2) is 60.7 Å². The molecule has 0 radical (unpaired) electrons. The molecule has 1 saturated heterocycles. The minimum absolute atomic E-state index is 0.0992. The van der Waals surface area contributed by atoms with Gasteiger partial charge in [-0.15, -0.1) is 0 Å². The van der Waals surface area contributed by atoms with Gasteiger partial charge < -0.3 is 10.1 Å². The zero-order valence-corrected chi connectivity index (χ0v) is 27.1. The topological polar surface area (TPSA) is 58.6 Å². The number of hydrogen-bond acceptors (Lipinski definition) is 4. The van der Waals surface area contributed by atoms with Crippen molar-refractivity contribution in [3.63, 3.8) is 0 Å². The summed E-state index contributed by atoms with van der Waals surface area (Å²) in [5, 5.41) is 3.83. The SMILES string of the molecule is C=C(/C=C(\PC)c1ccc(F)cc1F)C(=O)CC1(CC(=O)NC(C)(C)c2ccccc2C)CN(C2CCCCC2OC)C1. The molecule has 5 nitrogen and oxygen atoms in total. The first kappa shape index (κ1) is 33.2. The molecule has 3 unspecified atom stereocenters. The van der Waals surface area contributed by atoms with Crippen molar-refractivity contribution < 1.29 is 23.1 Å². The highest BCUT2D eigenvalue weighted by Gasteiger charge is 2.50. The number of methoxy groups -OCH3 is 1. The van der Waals surface area contributed by atoms with Gasteiger partial charge in [-0.25, -0.2) is 8.78 Å². The number of nitrogens with one attached hydrogen (secondary N) is 1. The van der Waals surface area contributed by atoms with Crippen molar-refractivity contribution in [3.8, 4) is 0 Å². The minimum Gasteiger partial charge on any atom is -0.380 e. The molecule has 8 heteroatoms. The number of amides is 1. The molecule has 1 aliphatic heterocycles. The van der Waals surface area contributed by atoms with Gasteiger partial charge in [0.05, 0.1) is 11.6 Å². The lowest BCUT2D eigenvalue weighted by Crippen LogP contribution is -2.64. The van der Waals surface area contributed by atoms with Crippen LogP contribution in [0.1, 0.15) is 69.1 Å². The van der Waals surface area contributed by atoms with E-state index in [0.717, 1.165) is 42.9 Å². The number of ketones is 1. The van der Waals surface area contributed by atoms with Crippen LogP contribution in [0.25, 0.3) is 5.31 Å². The maximum atomic E-state index is 14.5. The second-order valence-electron chi connectivity index (χ2n) is 12.8. The number of carbonyl (C=O) groups excluding carboxylic acids is 2. The van der Waals surface area contributed by atoms with Gasteiger partial charge in [-0.3, -0.25) is 14.5 Å². The second kappa shape index (κ2) is 13.9. The van der Waals surface area contributed by atoms with Crippen LogP contribution < -0.4 is 5.32 Å². The zero-order chi connectivity index (χ0) is 31.4. The van der Waals surface area contributed by atoms with Crippen LogP contribution in [-0.4, -0.2) is 55.6 Å². The largest absolute Gasteiger partial charge is 0.380 e. The summed E-state index contributed by atoms with van der Waals surface area (Å²) >= 11 is 0. The maximum absolute atomic E-state index is 14.5. The molecule has 2 fully saturated rings. The third-order valence-electron chi connectivity index (χ3n) is 9.03. The first-order valence-corrected chi connectivity index (χ1v) is 16.6. The summed E-state index contributed by atoms with van der Waals surface area (Å²) in [5.41, 5.74) is 1.55. The molecule has 0 aromatic heterocycles. The first-order valence-electron chi connectivity index (χ1n) is 15.1. The van der Waals surface area contributed by atoms with Gasteiger partial charge in [0.25, 0.3) is 0 Å². The highest BCUT2D eigenvalue weighted by molar-refractivity contribution is 7.49. The molecule has 232 valence electrons. The van der Waals surface area contributed by atoms with Crippen LogP contribution in [0, 0.1) is 24.0 Å². The zero-order valence-electron chi connectivity index (χ0n) is 26.1. The number of nitrogens with zero attached hydrogens (tertiary/aromatic N) is 1. The lowest BCUT2D eigenvalue weighted by atomic mass is 9.70. The number of likely N-dealkylation sites (tertiary alicyclic amines) is 1. The quantitative estimate of drug-likeness (QED) is 0.158. The van der Waals surface area contributed by atoms with Crippen molar-refractivity contribution in [1.29, 1.82) is 0 Å². The van der Waals surface area contributed by atoms with E-state index < -0.39 is 22.6 Å². The van der Waals surface area contributed by atoms with Crippen molar-refractivity contribution in [1.82, 2.24) is 10.2 Å². The average molecular weight is 611 g/mol. The third kappa shape index (κ3) is 7.87. The number of carbonyl (C=O) groups is 2. The lowest BCUT2D eigenvalue weighted by Gasteiger charge is -2.55. The Labute approximate surface area is 256 Å². The molecule has 1 saturated carbocycles. The molecule has 3 atom stereocenters. The van der Waals surface area contributed by atoms with E-state index in [1.165, 1.54) is 12.1 Å². The van der Waals surface area contributed by atoms with Gasteiger partial charge in [-0.05, 0) is 74.9 Å². The van der Waals surface area contributed by atoms with E-state index in [1.807, 2.05) is 51.7 Å². The minimum atomic E-state index is -0.667. The van der Waals surface area contributed by atoms with Crippen LogP contribution >= 0.6 is 8.58 Å². The van der Waals surface area contributed by atoms with Crippen molar-refractivity contribution in [3.05, 3.63) is 89.0 Å². The number of benzene rings is 2. The molecule has 1 heterocycles.